The summed E-state index contributed by atoms with van der Waals surface area (Å²) in [7, 11) is 0. The second kappa shape index (κ2) is 5.85. The Morgan fingerprint density at radius 3 is 2.52 bits per heavy atom. The third-order valence-electron chi connectivity index (χ3n) is 3.58. The van der Waals surface area contributed by atoms with Crippen LogP contribution >= 0.6 is 0 Å². The zero-order valence-electron chi connectivity index (χ0n) is 12.4. The molecule has 4 heteroatoms. The van der Waals surface area contributed by atoms with Crippen LogP contribution in [0.2, 0.25) is 0 Å². The normalized spacial score (nSPS) is 11.3. The van der Waals surface area contributed by atoms with Gasteiger partial charge in [-0.25, -0.2) is 15.0 Å². The minimum atomic E-state index is 0.672. The zero-order valence-corrected chi connectivity index (χ0v) is 12.4. The predicted molar refractivity (Wildman–Crippen MR) is 92.1 cm³/mol. The largest absolute Gasteiger partial charge is 0.299 e. The minimum absolute atomic E-state index is 0.672. The maximum absolute atomic E-state index is 4.76. The van der Waals surface area contributed by atoms with Crippen molar-refractivity contribution in [1.82, 2.24) is 14.4 Å². The summed E-state index contributed by atoms with van der Waals surface area (Å²) in [6.45, 7) is 0. The summed E-state index contributed by atoms with van der Waals surface area (Å²) in [6, 6.07) is 21.9. The lowest BCUT2D eigenvalue weighted by Gasteiger charge is -1.99. The van der Waals surface area contributed by atoms with Gasteiger partial charge < -0.3 is 0 Å². The molecule has 0 amide bonds. The number of rotatable bonds is 3. The molecule has 0 spiro atoms. The molecule has 0 N–H and O–H groups in total. The molecule has 1 aromatic carbocycles. The van der Waals surface area contributed by atoms with Crippen LogP contribution in [0.15, 0.2) is 84.1 Å². The summed E-state index contributed by atoms with van der Waals surface area (Å²) in [5.74, 6) is 1.58. The SMILES string of the molecule is C(=Nc1ccccn1)c1nc(-c2ccccc2)n2ccccc12. The monoisotopic (exact) mass is 298 g/mol. The van der Waals surface area contributed by atoms with E-state index in [-0.39, 0.29) is 0 Å². The second-order valence-electron chi connectivity index (χ2n) is 5.09. The van der Waals surface area contributed by atoms with Crippen molar-refractivity contribution in [2.24, 2.45) is 4.99 Å². The van der Waals surface area contributed by atoms with E-state index in [4.69, 9.17) is 4.98 Å². The molecule has 3 aromatic heterocycles. The molecule has 0 atom stereocenters. The van der Waals surface area contributed by atoms with Gasteiger partial charge in [0, 0.05) is 18.0 Å². The zero-order chi connectivity index (χ0) is 15.5. The van der Waals surface area contributed by atoms with Gasteiger partial charge in [0.1, 0.15) is 11.5 Å². The maximum atomic E-state index is 4.76. The molecule has 3 heterocycles. The fourth-order valence-corrected chi connectivity index (χ4v) is 2.51. The van der Waals surface area contributed by atoms with E-state index < -0.39 is 0 Å². The van der Waals surface area contributed by atoms with Crippen LogP contribution in [0.5, 0.6) is 0 Å². The van der Waals surface area contributed by atoms with Crippen molar-refractivity contribution in [3.05, 3.63) is 84.8 Å². The van der Waals surface area contributed by atoms with Crippen molar-refractivity contribution < 1.29 is 0 Å². The molecule has 0 saturated heterocycles. The number of pyridine rings is 2. The summed E-state index contributed by atoms with van der Waals surface area (Å²) in [6.07, 6.45) is 5.51. The van der Waals surface area contributed by atoms with Crippen LogP contribution in [0.1, 0.15) is 5.69 Å². The third-order valence-corrected chi connectivity index (χ3v) is 3.58. The lowest BCUT2D eigenvalue weighted by Crippen LogP contribution is -1.87. The third kappa shape index (κ3) is 2.62. The van der Waals surface area contributed by atoms with Crippen molar-refractivity contribution in [3.63, 3.8) is 0 Å². The summed E-state index contributed by atoms with van der Waals surface area (Å²) in [5, 5.41) is 0. The molecule has 4 aromatic rings. The molecule has 0 aliphatic carbocycles. The number of nitrogens with zero attached hydrogens (tertiary/aromatic N) is 4. The van der Waals surface area contributed by atoms with Crippen LogP contribution in [-0.4, -0.2) is 20.6 Å². The molecule has 0 bridgehead atoms. The number of imidazole rings is 1. The quantitative estimate of drug-likeness (QED) is 0.533. The van der Waals surface area contributed by atoms with Crippen LogP contribution < -0.4 is 0 Å². The van der Waals surface area contributed by atoms with Gasteiger partial charge in [0.05, 0.1) is 11.7 Å². The van der Waals surface area contributed by atoms with Gasteiger partial charge in [-0.1, -0.05) is 42.5 Å². The van der Waals surface area contributed by atoms with E-state index >= 15 is 0 Å². The molecule has 4 rings (SSSR count). The first-order valence-electron chi connectivity index (χ1n) is 7.39. The first-order chi connectivity index (χ1) is 11.4. The molecule has 4 nitrogen and oxygen atoms in total. The van der Waals surface area contributed by atoms with Gasteiger partial charge in [-0.15, -0.1) is 0 Å². The molecule has 0 radical (unpaired) electrons. The van der Waals surface area contributed by atoms with E-state index in [1.165, 1.54) is 0 Å². The first-order valence-corrected chi connectivity index (χ1v) is 7.39. The summed E-state index contributed by atoms with van der Waals surface area (Å²) < 4.78 is 2.08. The molecule has 0 aliphatic heterocycles. The Morgan fingerprint density at radius 2 is 1.70 bits per heavy atom. The van der Waals surface area contributed by atoms with E-state index in [1.807, 2.05) is 60.8 Å². The number of fused-ring (bicyclic) bond motifs is 1. The number of hydrogen-bond acceptors (Lipinski definition) is 3. The van der Waals surface area contributed by atoms with Gasteiger partial charge in [0.2, 0.25) is 0 Å². The van der Waals surface area contributed by atoms with Crippen molar-refractivity contribution in [2.45, 2.75) is 0 Å². The summed E-state index contributed by atoms with van der Waals surface area (Å²) in [4.78, 5) is 13.4. The van der Waals surface area contributed by atoms with E-state index in [0.717, 1.165) is 22.6 Å². The standard InChI is InChI=1S/C19H14N4/c1-2-8-15(9-3-1)19-22-16(17-10-5-7-13-23(17)19)14-21-18-11-4-6-12-20-18/h1-14H. The molecular formula is C19H14N4. The van der Waals surface area contributed by atoms with Crippen LogP contribution in [0, 0.1) is 0 Å². The van der Waals surface area contributed by atoms with Crippen molar-refractivity contribution in [3.8, 4) is 11.4 Å². The van der Waals surface area contributed by atoms with Crippen LogP contribution in [0.3, 0.4) is 0 Å². The Labute approximate surface area is 133 Å². The van der Waals surface area contributed by atoms with Crippen molar-refractivity contribution in [2.75, 3.05) is 0 Å². The fraction of sp³-hybridized carbons (Fsp3) is 0. The summed E-state index contributed by atoms with van der Waals surface area (Å²) >= 11 is 0. The molecule has 0 fully saturated rings. The van der Waals surface area contributed by atoms with Crippen LogP contribution in [0.4, 0.5) is 5.82 Å². The Kier molecular flexibility index (Phi) is 3.41. The minimum Gasteiger partial charge on any atom is -0.299 e. The Hall–Kier alpha value is -3.27. The molecule has 0 unspecified atom stereocenters. The number of benzene rings is 1. The lowest BCUT2D eigenvalue weighted by atomic mass is 10.2. The molecule has 0 aliphatic rings. The number of hydrogen-bond donors (Lipinski definition) is 0. The average Bonchev–Trinajstić information content (AvgIpc) is 3.01. The smallest absolute Gasteiger partial charge is 0.151 e. The van der Waals surface area contributed by atoms with Gasteiger partial charge in [-0.3, -0.25) is 4.40 Å². The second-order valence-corrected chi connectivity index (χ2v) is 5.09. The van der Waals surface area contributed by atoms with E-state index in [0.29, 0.717) is 5.82 Å². The van der Waals surface area contributed by atoms with E-state index in [1.54, 1.807) is 12.4 Å². The molecule has 110 valence electrons. The number of aliphatic imine (C=N–C) groups is 1. The van der Waals surface area contributed by atoms with Crippen molar-refractivity contribution in [1.29, 1.82) is 0 Å². The molecule has 23 heavy (non-hydrogen) atoms. The topological polar surface area (TPSA) is 42.5 Å². The van der Waals surface area contributed by atoms with Gasteiger partial charge in [0.15, 0.2) is 5.82 Å². The number of aromatic nitrogens is 3. The van der Waals surface area contributed by atoms with Crippen LogP contribution in [-0.2, 0) is 0 Å². The van der Waals surface area contributed by atoms with Crippen molar-refractivity contribution >= 4 is 17.5 Å². The molecular weight excluding hydrogens is 284 g/mol. The van der Waals surface area contributed by atoms with Crippen LogP contribution in [0.25, 0.3) is 16.9 Å². The van der Waals surface area contributed by atoms with Gasteiger partial charge >= 0.3 is 0 Å². The Morgan fingerprint density at radius 1 is 0.870 bits per heavy atom. The highest BCUT2D eigenvalue weighted by molar-refractivity contribution is 5.90. The van der Waals surface area contributed by atoms with E-state index in [2.05, 4.69) is 26.5 Å². The maximum Gasteiger partial charge on any atom is 0.151 e. The van der Waals surface area contributed by atoms with Gasteiger partial charge in [-0.05, 0) is 24.3 Å². The van der Waals surface area contributed by atoms with E-state index in [9.17, 15) is 0 Å². The highest BCUT2D eigenvalue weighted by atomic mass is 15.0. The van der Waals surface area contributed by atoms with Gasteiger partial charge in [-0.2, -0.15) is 0 Å². The lowest BCUT2D eigenvalue weighted by molar-refractivity contribution is 1.16. The van der Waals surface area contributed by atoms with Gasteiger partial charge in [0.25, 0.3) is 0 Å². The average molecular weight is 298 g/mol. The summed E-state index contributed by atoms with van der Waals surface area (Å²) in [5.41, 5.74) is 2.92. The first kappa shape index (κ1) is 13.4. The predicted octanol–water partition coefficient (Wildman–Crippen LogP) is 4.15. The highest BCUT2D eigenvalue weighted by Gasteiger charge is 2.10. The highest BCUT2D eigenvalue weighted by Crippen LogP contribution is 2.22. The Balaban J connectivity index is 1.83. The fourth-order valence-electron chi connectivity index (χ4n) is 2.51. The molecule has 0 saturated carbocycles. The Bertz CT molecular complexity index is 957.